The first-order valence-electron chi connectivity index (χ1n) is 19.2. The van der Waals surface area contributed by atoms with E-state index in [1.807, 2.05) is 30.3 Å². The lowest BCUT2D eigenvalue weighted by Crippen LogP contribution is -2.28. The lowest BCUT2D eigenvalue weighted by Gasteiger charge is -2.28. The summed E-state index contributed by atoms with van der Waals surface area (Å²) in [7, 11) is -8.28. The van der Waals surface area contributed by atoms with Gasteiger partial charge < -0.3 is 14.8 Å². The molecule has 2 N–H and O–H groups in total. The van der Waals surface area contributed by atoms with E-state index in [0.29, 0.717) is 38.8 Å². The lowest BCUT2D eigenvalue weighted by atomic mass is 9.81. The van der Waals surface area contributed by atoms with Gasteiger partial charge in [-0.3, -0.25) is 4.55 Å². The Morgan fingerprint density at radius 2 is 1.45 bits per heavy atom. The summed E-state index contributed by atoms with van der Waals surface area (Å²) in [6.07, 6.45) is 13.6. The number of rotatable bonds is 15. The second-order valence-corrected chi connectivity index (χ2v) is 18.9. The molecule has 2 heterocycles. The van der Waals surface area contributed by atoms with Crippen LogP contribution in [0.1, 0.15) is 83.8 Å². The molecule has 0 saturated heterocycles. The number of nitrogens with zero attached hydrogens (tertiary/aromatic N) is 2. The first-order valence-corrected chi connectivity index (χ1v) is 22.4. The van der Waals surface area contributed by atoms with E-state index in [9.17, 15) is 25.9 Å². The Hall–Kier alpha value is -4.29. The molecule has 11 heteroatoms. The maximum atomic E-state index is 11.4. The molecular formula is C44H53N3O6S2. The number of unbranched alkanes of at least 4 members (excludes halogenated alkanes) is 2. The van der Waals surface area contributed by atoms with Crippen LogP contribution in [0, 0.1) is 0 Å². The van der Waals surface area contributed by atoms with E-state index in [4.69, 9.17) is 0 Å². The zero-order chi connectivity index (χ0) is 39.4. The fourth-order valence-corrected chi connectivity index (χ4v) is 9.44. The highest BCUT2D eigenvalue weighted by molar-refractivity contribution is 7.85. The molecule has 2 aliphatic heterocycles. The largest absolute Gasteiger partial charge is 0.748 e. The van der Waals surface area contributed by atoms with E-state index in [0.717, 1.165) is 53.4 Å². The van der Waals surface area contributed by atoms with Gasteiger partial charge in [-0.1, -0.05) is 80.6 Å². The number of nitrogens with one attached hydrogen (secondary N) is 1. The molecule has 0 aromatic heterocycles. The monoisotopic (exact) mass is 783 g/mol. The highest BCUT2D eigenvalue weighted by Gasteiger charge is 2.44. The maximum Gasteiger partial charge on any atom is 0.264 e. The van der Waals surface area contributed by atoms with Gasteiger partial charge in [0.2, 0.25) is 5.69 Å². The summed E-state index contributed by atoms with van der Waals surface area (Å²) in [5.74, 6) is -0.616. The number of fused-ring (bicyclic) bond motifs is 2. The van der Waals surface area contributed by atoms with E-state index in [1.54, 1.807) is 0 Å². The summed E-state index contributed by atoms with van der Waals surface area (Å²) in [5.41, 5.74) is 10.8. The van der Waals surface area contributed by atoms with Crippen molar-refractivity contribution in [3.8, 4) is 0 Å². The molecule has 9 nitrogen and oxygen atoms in total. The van der Waals surface area contributed by atoms with Crippen molar-refractivity contribution in [2.75, 3.05) is 34.8 Å². The van der Waals surface area contributed by atoms with Crippen LogP contribution in [0.15, 0.2) is 126 Å². The van der Waals surface area contributed by atoms with Crippen molar-refractivity contribution >= 4 is 43.0 Å². The van der Waals surface area contributed by atoms with Crippen molar-refractivity contribution in [2.24, 2.45) is 0 Å². The van der Waals surface area contributed by atoms with E-state index in [2.05, 4.69) is 115 Å². The van der Waals surface area contributed by atoms with E-state index in [-0.39, 0.29) is 22.3 Å². The molecule has 3 aromatic carbocycles. The quantitative estimate of drug-likeness (QED) is 0.0890. The summed E-state index contributed by atoms with van der Waals surface area (Å²) >= 11 is 0. The van der Waals surface area contributed by atoms with Crippen molar-refractivity contribution in [1.82, 2.24) is 0 Å². The molecule has 3 aliphatic rings. The molecule has 0 atom stereocenters. The first kappa shape index (κ1) is 40.4. The lowest BCUT2D eigenvalue weighted by molar-refractivity contribution is -0.438. The number of hydrogen-bond acceptors (Lipinski definition) is 7. The van der Waals surface area contributed by atoms with Gasteiger partial charge in [0.05, 0.1) is 21.3 Å². The number of allylic oxidation sites excluding steroid dienone is 7. The van der Waals surface area contributed by atoms with Gasteiger partial charge in [-0.25, -0.2) is 8.42 Å². The Morgan fingerprint density at radius 1 is 0.782 bits per heavy atom. The van der Waals surface area contributed by atoms with Crippen molar-refractivity contribution in [2.45, 2.75) is 83.5 Å². The molecule has 55 heavy (non-hydrogen) atoms. The number of anilines is 2. The van der Waals surface area contributed by atoms with Gasteiger partial charge in [0.15, 0.2) is 5.71 Å². The van der Waals surface area contributed by atoms with E-state index in [1.165, 1.54) is 22.3 Å². The zero-order valence-electron chi connectivity index (χ0n) is 32.3. The Balaban J connectivity index is 1.39. The molecule has 0 radical (unpaired) electrons. The predicted octanol–water partition coefficient (Wildman–Crippen LogP) is 8.77. The van der Waals surface area contributed by atoms with Gasteiger partial charge in [-0.2, -0.15) is 13.0 Å². The maximum absolute atomic E-state index is 11.4. The standard InChI is InChI=1S/C44H53N3O6S2/c1-43(2)36-21-8-10-23-38(36)46(29-12-14-31-54(48,49)50)40(43)27-25-33-17-16-18-34(42(33)45-35-19-6-5-7-20-35)26-28-41-44(3,4)37-22-9-11-24-39(37)47(41)30-13-15-32-55(51,52)53/h5-11,19-28H,12-18,29-32H2,1-4H3,(H2,48,49,50,51,52,53). The smallest absolute Gasteiger partial charge is 0.264 e. The van der Waals surface area contributed by atoms with Gasteiger partial charge >= 0.3 is 0 Å². The van der Waals surface area contributed by atoms with Crippen LogP contribution in [-0.2, 0) is 31.1 Å². The van der Waals surface area contributed by atoms with Crippen LogP contribution in [0.4, 0.5) is 17.1 Å². The normalized spacial score (nSPS) is 19.5. The summed E-state index contributed by atoms with van der Waals surface area (Å²) in [4.78, 5) is 2.28. The Bertz CT molecular complexity index is 2290. The van der Waals surface area contributed by atoms with Gasteiger partial charge in [0.25, 0.3) is 10.1 Å². The first-order chi connectivity index (χ1) is 26.1. The molecule has 3 aromatic rings. The van der Waals surface area contributed by atoms with Crippen molar-refractivity contribution in [3.63, 3.8) is 0 Å². The van der Waals surface area contributed by atoms with Gasteiger partial charge in [0.1, 0.15) is 6.54 Å². The second-order valence-electron chi connectivity index (χ2n) is 15.8. The number of para-hydroxylation sites is 3. The third-order valence-corrected chi connectivity index (χ3v) is 12.7. The summed E-state index contributed by atoms with van der Waals surface area (Å²) in [6, 6.07) is 26.9. The highest BCUT2D eigenvalue weighted by atomic mass is 32.2. The second kappa shape index (κ2) is 16.4. The molecule has 292 valence electrons. The van der Waals surface area contributed by atoms with Crippen LogP contribution in [0.25, 0.3) is 0 Å². The molecular weight excluding hydrogens is 731 g/mol. The topological polar surface area (TPSA) is 130 Å². The highest BCUT2D eigenvalue weighted by Crippen LogP contribution is 2.48. The van der Waals surface area contributed by atoms with Crippen molar-refractivity contribution in [1.29, 1.82) is 0 Å². The van der Waals surface area contributed by atoms with E-state index >= 15 is 0 Å². The van der Waals surface area contributed by atoms with Crippen LogP contribution in [0.3, 0.4) is 0 Å². The average molecular weight is 784 g/mol. The molecule has 0 saturated carbocycles. The van der Waals surface area contributed by atoms with Crippen molar-refractivity contribution in [3.05, 3.63) is 137 Å². The summed E-state index contributed by atoms with van der Waals surface area (Å²) in [5, 5.41) is 3.77. The zero-order valence-corrected chi connectivity index (χ0v) is 33.9. The molecule has 0 amide bonds. The minimum Gasteiger partial charge on any atom is -0.748 e. The number of benzene rings is 3. The van der Waals surface area contributed by atoms with Gasteiger partial charge in [-0.15, -0.1) is 0 Å². The Morgan fingerprint density at radius 3 is 2.18 bits per heavy atom. The minimum absolute atomic E-state index is 0.253. The predicted molar refractivity (Wildman–Crippen MR) is 222 cm³/mol. The molecule has 0 bridgehead atoms. The van der Waals surface area contributed by atoms with E-state index < -0.39 is 20.2 Å². The third-order valence-electron chi connectivity index (χ3n) is 11.1. The SMILES string of the molecule is CC1(C)C(=CC=C2CCCC(C=CC3=[N+](CCCCS(=O)(=O)O)c4ccccc4C3(C)C)=C2Nc2ccccc2)N(CCCCS(=O)(=O)[O-])c2ccccc21. The van der Waals surface area contributed by atoms with Crippen LogP contribution >= 0.6 is 0 Å². The van der Waals surface area contributed by atoms with Crippen molar-refractivity contribution < 1.29 is 30.5 Å². The van der Waals surface area contributed by atoms with Gasteiger partial charge in [-0.05, 0) is 93.4 Å². The fraction of sp³-hybridized carbons (Fsp3) is 0.386. The average Bonchev–Trinajstić information content (AvgIpc) is 3.48. The molecule has 0 fully saturated rings. The summed E-state index contributed by atoms with van der Waals surface area (Å²) in [6.45, 7) is 10.1. The fourth-order valence-electron chi connectivity index (χ4n) is 8.31. The molecule has 1 aliphatic carbocycles. The molecule has 0 unspecified atom stereocenters. The molecule has 6 rings (SSSR count). The van der Waals surface area contributed by atoms with Crippen LogP contribution < -0.4 is 10.2 Å². The summed E-state index contributed by atoms with van der Waals surface area (Å²) < 4.78 is 68.5. The third kappa shape index (κ3) is 9.40. The molecule has 0 spiro atoms. The van der Waals surface area contributed by atoms with Crippen LogP contribution in [-0.4, -0.2) is 60.8 Å². The van der Waals surface area contributed by atoms with Crippen LogP contribution in [0.2, 0.25) is 0 Å². The number of hydrogen-bond donors (Lipinski definition) is 2. The minimum atomic E-state index is -4.27. The Kier molecular flexibility index (Phi) is 12.1. The van der Waals surface area contributed by atoms with Crippen LogP contribution in [0.5, 0.6) is 0 Å². The Labute approximate surface area is 327 Å². The van der Waals surface area contributed by atoms with Gasteiger partial charge in [0, 0.05) is 64.6 Å².